The summed E-state index contributed by atoms with van der Waals surface area (Å²) in [5, 5.41) is 12.0. The van der Waals surface area contributed by atoms with Gasteiger partial charge in [-0.25, -0.2) is 0 Å². The SMILES string of the molecule is CC1CCN(CCNC(=O)C2CCN(c3ccc(-c4ccccc4)nn3)CC2)CC1. The standard InChI is InChI=1S/C24H33N5O/c1-19-9-14-28(15-10-19)18-13-25-24(30)21-11-16-29(17-12-21)23-8-7-22(26-27-23)20-5-3-2-4-6-20/h2-8,19,21H,9-18H2,1H3,(H,25,30). The van der Waals surface area contributed by atoms with Crippen molar-refractivity contribution in [3.05, 3.63) is 42.5 Å². The summed E-state index contributed by atoms with van der Waals surface area (Å²) in [5.41, 5.74) is 1.96. The maximum atomic E-state index is 12.6. The number of piperidine rings is 2. The van der Waals surface area contributed by atoms with Crippen LogP contribution in [0.4, 0.5) is 5.82 Å². The maximum Gasteiger partial charge on any atom is 0.223 e. The minimum Gasteiger partial charge on any atom is -0.355 e. The Labute approximate surface area is 179 Å². The Hall–Kier alpha value is -2.47. The molecule has 0 saturated carbocycles. The minimum atomic E-state index is 0.110. The summed E-state index contributed by atoms with van der Waals surface area (Å²) < 4.78 is 0. The highest BCUT2D eigenvalue weighted by Crippen LogP contribution is 2.23. The van der Waals surface area contributed by atoms with Crippen molar-refractivity contribution in [2.75, 3.05) is 44.2 Å². The molecule has 30 heavy (non-hydrogen) atoms. The lowest BCUT2D eigenvalue weighted by Gasteiger charge is -2.32. The van der Waals surface area contributed by atoms with Gasteiger partial charge in [0.05, 0.1) is 5.69 Å². The molecule has 1 N–H and O–H groups in total. The summed E-state index contributed by atoms with van der Waals surface area (Å²) in [7, 11) is 0. The zero-order chi connectivity index (χ0) is 20.8. The van der Waals surface area contributed by atoms with Crippen LogP contribution < -0.4 is 10.2 Å². The number of likely N-dealkylation sites (tertiary alicyclic amines) is 1. The van der Waals surface area contributed by atoms with E-state index in [4.69, 9.17) is 0 Å². The van der Waals surface area contributed by atoms with Crippen molar-refractivity contribution in [1.29, 1.82) is 0 Å². The number of hydrogen-bond donors (Lipinski definition) is 1. The highest BCUT2D eigenvalue weighted by molar-refractivity contribution is 5.79. The number of hydrogen-bond acceptors (Lipinski definition) is 5. The average Bonchev–Trinajstić information content (AvgIpc) is 2.81. The molecular formula is C24H33N5O. The molecule has 2 aliphatic rings. The van der Waals surface area contributed by atoms with Crippen molar-refractivity contribution in [3.63, 3.8) is 0 Å². The van der Waals surface area contributed by atoms with Gasteiger partial charge in [0.1, 0.15) is 0 Å². The van der Waals surface area contributed by atoms with E-state index in [9.17, 15) is 4.79 Å². The molecule has 0 spiro atoms. The van der Waals surface area contributed by atoms with Gasteiger partial charge in [0.2, 0.25) is 5.91 Å². The lowest BCUT2D eigenvalue weighted by molar-refractivity contribution is -0.125. The van der Waals surface area contributed by atoms with Gasteiger partial charge in [0.25, 0.3) is 0 Å². The third-order valence-corrected chi connectivity index (χ3v) is 6.51. The van der Waals surface area contributed by atoms with Crippen LogP contribution in [0.3, 0.4) is 0 Å². The second-order valence-electron chi connectivity index (χ2n) is 8.72. The normalized spacial score (nSPS) is 19.0. The van der Waals surface area contributed by atoms with E-state index in [2.05, 4.69) is 32.2 Å². The second-order valence-corrected chi connectivity index (χ2v) is 8.72. The van der Waals surface area contributed by atoms with Gasteiger partial charge in [-0.05, 0) is 56.8 Å². The average molecular weight is 408 g/mol. The Bertz CT molecular complexity index is 794. The first-order valence-electron chi connectivity index (χ1n) is 11.3. The molecule has 6 heteroatoms. The number of nitrogens with one attached hydrogen (secondary N) is 1. The van der Waals surface area contributed by atoms with Crippen LogP contribution in [-0.2, 0) is 4.79 Å². The van der Waals surface area contributed by atoms with Crippen molar-refractivity contribution in [1.82, 2.24) is 20.4 Å². The van der Waals surface area contributed by atoms with E-state index in [0.717, 1.165) is 62.0 Å². The van der Waals surface area contributed by atoms with Crippen LogP contribution in [-0.4, -0.2) is 60.3 Å². The summed E-state index contributed by atoms with van der Waals surface area (Å²) in [6, 6.07) is 14.2. The van der Waals surface area contributed by atoms with E-state index in [1.807, 2.05) is 42.5 Å². The molecule has 0 aliphatic carbocycles. The lowest BCUT2D eigenvalue weighted by atomic mass is 9.96. The Morgan fingerprint density at radius 1 is 0.967 bits per heavy atom. The van der Waals surface area contributed by atoms with E-state index in [-0.39, 0.29) is 11.8 Å². The summed E-state index contributed by atoms with van der Waals surface area (Å²) in [6.45, 7) is 8.09. The summed E-state index contributed by atoms with van der Waals surface area (Å²) in [4.78, 5) is 17.3. The van der Waals surface area contributed by atoms with Crippen LogP contribution in [0.1, 0.15) is 32.6 Å². The zero-order valence-corrected chi connectivity index (χ0v) is 18.0. The molecule has 2 saturated heterocycles. The van der Waals surface area contributed by atoms with Crippen molar-refractivity contribution in [2.45, 2.75) is 32.6 Å². The van der Waals surface area contributed by atoms with Gasteiger partial charge in [0.15, 0.2) is 5.82 Å². The maximum absolute atomic E-state index is 12.6. The Morgan fingerprint density at radius 3 is 2.37 bits per heavy atom. The van der Waals surface area contributed by atoms with E-state index in [1.54, 1.807) is 0 Å². The molecule has 2 aromatic rings. The Morgan fingerprint density at radius 2 is 1.70 bits per heavy atom. The number of amides is 1. The van der Waals surface area contributed by atoms with Gasteiger partial charge in [-0.15, -0.1) is 10.2 Å². The smallest absolute Gasteiger partial charge is 0.223 e. The van der Waals surface area contributed by atoms with E-state index in [0.29, 0.717) is 0 Å². The summed E-state index contributed by atoms with van der Waals surface area (Å²) in [6.07, 6.45) is 4.30. The first-order chi connectivity index (χ1) is 14.7. The molecule has 6 nitrogen and oxygen atoms in total. The van der Waals surface area contributed by atoms with Crippen LogP contribution in [0, 0.1) is 11.8 Å². The molecule has 0 radical (unpaired) electrons. The third-order valence-electron chi connectivity index (χ3n) is 6.51. The number of rotatable bonds is 6. The number of anilines is 1. The first-order valence-corrected chi connectivity index (χ1v) is 11.3. The number of benzene rings is 1. The van der Waals surface area contributed by atoms with Crippen LogP contribution >= 0.6 is 0 Å². The molecule has 160 valence electrons. The minimum absolute atomic E-state index is 0.110. The molecule has 2 aliphatic heterocycles. The molecule has 0 atom stereocenters. The summed E-state index contributed by atoms with van der Waals surface area (Å²) in [5.74, 6) is 2.07. The van der Waals surface area contributed by atoms with Crippen LogP contribution in [0.2, 0.25) is 0 Å². The molecule has 4 rings (SSSR count). The predicted octanol–water partition coefficient (Wildman–Crippen LogP) is 3.21. The molecule has 1 aromatic heterocycles. The van der Waals surface area contributed by atoms with Gasteiger partial charge >= 0.3 is 0 Å². The molecule has 0 bridgehead atoms. The zero-order valence-electron chi connectivity index (χ0n) is 18.0. The molecule has 1 aromatic carbocycles. The van der Waals surface area contributed by atoms with Gasteiger partial charge in [-0.1, -0.05) is 37.3 Å². The van der Waals surface area contributed by atoms with Crippen LogP contribution in [0.25, 0.3) is 11.3 Å². The second kappa shape index (κ2) is 10.0. The third kappa shape index (κ3) is 5.36. The highest BCUT2D eigenvalue weighted by atomic mass is 16.1. The lowest BCUT2D eigenvalue weighted by Crippen LogP contribution is -2.43. The topological polar surface area (TPSA) is 61.4 Å². The monoisotopic (exact) mass is 407 g/mol. The number of aromatic nitrogens is 2. The molecule has 0 unspecified atom stereocenters. The Kier molecular flexibility index (Phi) is 6.95. The molecule has 3 heterocycles. The van der Waals surface area contributed by atoms with Crippen molar-refractivity contribution in [2.24, 2.45) is 11.8 Å². The fourth-order valence-electron chi connectivity index (χ4n) is 4.39. The highest BCUT2D eigenvalue weighted by Gasteiger charge is 2.26. The molecule has 1 amide bonds. The van der Waals surface area contributed by atoms with Gasteiger partial charge < -0.3 is 15.1 Å². The molecular weight excluding hydrogens is 374 g/mol. The van der Waals surface area contributed by atoms with Gasteiger partial charge in [0, 0.05) is 37.7 Å². The van der Waals surface area contributed by atoms with E-state index in [1.165, 1.54) is 25.9 Å². The fourth-order valence-corrected chi connectivity index (χ4v) is 4.39. The van der Waals surface area contributed by atoms with Crippen molar-refractivity contribution in [3.8, 4) is 11.3 Å². The van der Waals surface area contributed by atoms with E-state index >= 15 is 0 Å². The van der Waals surface area contributed by atoms with Crippen molar-refractivity contribution >= 4 is 11.7 Å². The quantitative estimate of drug-likeness (QED) is 0.797. The largest absolute Gasteiger partial charge is 0.355 e. The van der Waals surface area contributed by atoms with Gasteiger partial charge in [-0.2, -0.15) is 0 Å². The first kappa shape index (κ1) is 20.8. The summed E-state index contributed by atoms with van der Waals surface area (Å²) >= 11 is 0. The van der Waals surface area contributed by atoms with E-state index < -0.39 is 0 Å². The molecule has 2 fully saturated rings. The number of carbonyl (C=O) groups is 1. The fraction of sp³-hybridized carbons (Fsp3) is 0.542. The Balaban J connectivity index is 1.20. The van der Waals surface area contributed by atoms with Crippen LogP contribution in [0.5, 0.6) is 0 Å². The van der Waals surface area contributed by atoms with Gasteiger partial charge in [-0.3, -0.25) is 4.79 Å². The number of carbonyl (C=O) groups excluding carboxylic acids is 1. The predicted molar refractivity (Wildman–Crippen MR) is 120 cm³/mol. The van der Waals surface area contributed by atoms with Crippen LogP contribution in [0.15, 0.2) is 42.5 Å². The number of nitrogens with zero attached hydrogens (tertiary/aromatic N) is 4. The van der Waals surface area contributed by atoms with Crippen molar-refractivity contribution < 1.29 is 4.79 Å².